The monoisotopic (exact) mass is 407 g/mol. The van der Waals surface area contributed by atoms with E-state index >= 15 is 0 Å². The van der Waals surface area contributed by atoms with Crippen LogP contribution in [-0.2, 0) is 16.1 Å². The first kappa shape index (κ1) is 20.4. The van der Waals surface area contributed by atoms with Gasteiger partial charge in [-0.1, -0.05) is 43.3 Å². The Bertz CT molecular complexity index is 907. The van der Waals surface area contributed by atoms with Gasteiger partial charge in [0.15, 0.2) is 6.10 Å². The van der Waals surface area contributed by atoms with E-state index in [4.69, 9.17) is 4.74 Å². The van der Waals surface area contributed by atoms with Gasteiger partial charge in [-0.25, -0.2) is 0 Å². The molecule has 0 spiro atoms. The molecular formula is C24H29N3O3. The summed E-state index contributed by atoms with van der Waals surface area (Å²) in [5, 5.41) is 0. The fourth-order valence-corrected chi connectivity index (χ4v) is 4.09. The van der Waals surface area contributed by atoms with Crippen LogP contribution < -0.4 is 9.64 Å². The molecule has 158 valence electrons. The van der Waals surface area contributed by atoms with Crippen LogP contribution in [-0.4, -0.2) is 60.4 Å². The molecule has 2 amide bonds. The smallest absolute Gasteiger partial charge is 0.268 e. The quantitative estimate of drug-likeness (QED) is 0.765. The Morgan fingerprint density at radius 1 is 1.07 bits per heavy atom. The lowest BCUT2D eigenvalue weighted by molar-refractivity contribution is -0.134. The van der Waals surface area contributed by atoms with Gasteiger partial charge in [-0.2, -0.15) is 0 Å². The summed E-state index contributed by atoms with van der Waals surface area (Å²) in [5.41, 5.74) is 3.02. The maximum Gasteiger partial charge on any atom is 0.268 e. The normalized spacial score (nSPS) is 19.4. The van der Waals surface area contributed by atoms with Crippen LogP contribution in [0, 0.1) is 6.92 Å². The van der Waals surface area contributed by atoms with Crippen LogP contribution in [0.2, 0.25) is 0 Å². The van der Waals surface area contributed by atoms with Crippen molar-refractivity contribution < 1.29 is 14.3 Å². The maximum absolute atomic E-state index is 13.0. The average molecular weight is 408 g/mol. The first-order valence-electron chi connectivity index (χ1n) is 10.7. The molecular weight excluding hydrogens is 378 g/mol. The van der Waals surface area contributed by atoms with Crippen molar-refractivity contribution in [2.45, 2.75) is 32.9 Å². The first-order chi connectivity index (χ1) is 14.5. The van der Waals surface area contributed by atoms with E-state index < -0.39 is 6.10 Å². The predicted molar refractivity (Wildman–Crippen MR) is 117 cm³/mol. The van der Waals surface area contributed by atoms with Crippen molar-refractivity contribution in [3.05, 3.63) is 59.7 Å². The number of carbonyl (C=O) groups excluding carboxylic acids is 2. The van der Waals surface area contributed by atoms with Gasteiger partial charge in [-0.15, -0.1) is 0 Å². The highest BCUT2D eigenvalue weighted by molar-refractivity contribution is 6.03. The molecule has 1 atom stereocenters. The number of anilines is 1. The van der Waals surface area contributed by atoms with E-state index in [0.29, 0.717) is 30.9 Å². The topological polar surface area (TPSA) is 53.1 Å². The van der Waals surface area contributed by atoms with Gasteiger partial charge in [-0.05, 0) is 36.6 Å². The Balaban J connectivity index is 1.40. The maximum atomic E-state index is 13.0. The minimum absolute atomic E-state index is 0.00748. The molecule has 0 radical (unpaired) electrons. The van der Waals surface area contributed by atoms with E-state index in [1.807, 2.05) is 43.0 Å². The highest BCUT2D eigenvalue weighted by Gasteiger charge is 2.35. The van der Waals surface area contributed by atoms with Gasteiger partial charge < -0.3 is 9.64 Å². The Morgan fingerprint density at radius 3 is 2.50 bits per heavy atom. The van der Waals surface area contributed by atoms with Gasteiger partial charge in [0, 0.05) is 32.7 Å². The van der Waals surface area contributed by atoms with Gasteiger partial charge in [-0.3, -0.25) is 19.4 Å². The lowest BCUT2D eigenvalue weighted by Crippen LogP contribution is -2.54. The molecule has 2 aromatic rings. The standard InChI is InChI=1S/C24H29N3O3/c1-3-21-24(29)27(20-15-18(2)9-10-22(20)30-21)17-23(28)26-13-11-25(12-14-26)16-19-7-5-4-6-8-19/h4-10,15,21H,3,11-14,16-17H2,1-2H3/t21-/m1/s1. The number of benzene rings is 2. The molecule has 0 aromatic heterocycles. The van der Waals surface area contributed by atoms with Crippen molar-refractivity contribution in [1.29, 1.82) is 0 Å². The van der Waals surface area contributed by atoms with E-state index in [0.717, 1.165) is 25.2 Å². The molecule has 1 fully saturated rings. The molecule has 0 bridgehead atoms. The largest absolute Gasteiger partial charge is 0.478 e. The van der Waals surface area contributed by atoms with Gasteiger partial charge in [0.2, 0.25) is 5.91 Å². The number of nitrogens with zero attached hydrogens (tertiary/aromatic N) is 3. The summed E-state index contributed by atoms with van der Waals surface area (Å²) in [7, 11) is 0. The number of carbonyl (C=O) groups is 2. The van der Waals surface area contributed by atoms with Crippen LogP contribution >= 0.6 is 0 Å². The highest BCUT2D eigenvalue weighted by atomic mass is 16.5. The van der Waals surface area contributed by atoms with E-state index in [2.05, 4.69) is 29.2 Å². The van der Waals surface area contributed by atoms with Gasteiger partial charge in [0.1, 0.15) is 12.3 Å². The summed E-state index contributed by atoms with van der Waals surface area (Å²) in [6.07, 6.45) is 0.0466. The number of rotatable bonds is 5. The van der Waals surface area contributed by atoms with E-state index in [-0.39, 0.29) is 18.4 Å². The summed E-state index contributed by atoms with van der Waals surface area (Å²) in [6, 6.07) is 16.2. The first-order valence-corrected chi connectivity index (χ1v) is 10.7. The lowest BCUT2D eigenvalue weighted by Gasteiger charge is -2.38. The average Bonchev–Trinajstić information content (AvgIpc) is 2.77. The Kier molecular flexibility index (Phi) is 6.04. The predicted octanol–water partition coefficient (Wildman–Crippen LogP) is 2.84. The lowest BCUT2D eigenvalue weighted by atomic mass is 10.1. The minimum Gasteiger partial charge on any atom is -0.478 e. The molecule has 0 saturated carbocycles. The number of hydrogen-bond donors (Lipinski definition) is 0. The third kappa shape index (κ3) is 4.33. The second kappa shape index (κ2) is 8.88. The fourth-order valence-electron chi connectivity index (χ4n) is 4.09. The zero-order valence-corrected chi connectivity index (χ0v) is 17.7. The summed E-state index contributed by atoms with van der Waals surface area (Å²) in [4.78, 5) is 31.8. The third-order valence-corrected chi connectivity index (χ3v) is 5.85. The van der Waals surface area contributed by atoms with Gasteiger partial charge in [0.25, 0.3) is 5.91 Å². The number of piperazine rings is 1. The van der Waals surface area contributed by atoms with Crippen molar-refractivity contribution in [3.8, 4) is 5.75 Å². The number of fused-ring (bicyclic) bond motifs is 1. The number of hydrogen-bond acceptors (Lipinski definition) is 4. The summed E-state index contributed by atoms with van der Waals surface area (Å²) < 4.78 is 5.85. The molecule has 6 heteroatoms. The summed E-state index contributed by atoms with van der Waals surface area (Å²) in [6.45, 7) is 7.90. The molecule has 2 heterocycles. The Morgan fingerprint density at radius 2 is 1.80 bits per heavy atom. The van der Waals surface area contributed by atoms with Crippen molar-refractivity contribution in [3.63, 3.8) is 0 Å². The molecule has 2 aliphatic heterocycles. The molecule has 30 heavy (non-hydrogen) atoms. The SMILES string of the molecule is CC[C@H]1Oc2ccc(C)cc2N(CC(=O)N2CCN(Cc3ccccc3)CC2)C1=O. The molecule has 0 N–H and O–H groups in total. The molecule has 1 saturated heterocycles. The number of aryl methyl sites for hydroxylation is 1. The van der Waals surface area contributed by atoms with Crippen LogP contribution in [0.1, 0.15) is 24.5 Å². The van der Waals surface area contributed by atoms with Crippen molar-refractivity contribution in [1.82, 2.24) is 9.80 Å². The zero-order chi connectivity index (χ0) is 21.1. The molecule has 6 nitrogen and oxygen atoms in total. The van der Waals surface area contributed by atoms with E-state index in [9.17, 15) is 9.59 Å². The Hall–Kier alpha value is -2.86. The van der Waals surface area contributed by atoms with Crippen LogP contribution in [0.15, 0.2) is 48.5 Å². The molecule has 2 aliphatic rings. The number of amides is 2. The van der Waals surface area contributed by atoms with Crippen LogP contribution in [0.4, 0.5) is 5.69 Å². The molecule has 0 aliphatic carbocycles. The second-order valence-electron chi connectivity index (χ2n) is 8.05. The fraction of sp³-hybridized carbons (Fsp3) is 0.417. The van der Waals surface area contributed by atoms with Crippen molar-refractivity contribution in [2.75, 3.05) is 37.6 Å². The highest BCUT2D eigenvalue weighted by Crippen LogP contribution is 2.35. The molecule has 0 unspecified atom stereocenters. The minimum atomic E-state index is -0.532. The summed E-state index contributed by atoms with van der Waals surface area (Å²) in [5.74, 6) is 0.533. The summed E-state index contributed by atoms with van der Waals surface area (Å²) >= 11 is 0. The second-order valence-corrected chi connectivity index (χ2v) is 8.05. The van der Waals surface area contributed by atoms with E-state index in [1.54, 1.807) is 4.90 Å². The molecule has 4 rings (SSSR count). The molecule has 2 aromatic carbocycles. The van der Waals surface area contributed by atoms with E-state index in [1.165, 1.54) is 5.56 Å². The van der Waals surface area contributed by atoms with Crippen LogP contribution in [0.3, 0.4) is 0 Å². The van der Waals surface area contributed by atoms with Crippen LogP contribution in [0.25, 0.3) is 0 Å². The zero-order valence-electron chi connectivity index (χ0n) is 17.7. The van der Waals surface area contributed by atoms with Crippen molar-refractivity contribution >= 4 is 17.5 Å². The Labute approximate surface area is 178 Å². The van der Waals surface area contributed by atoms with Gasteiger partial charge >= 0.3 is 0 Å². The van der Waals surface area contributed by atoms with Crippen LogP contribution in [0.5, 0.6) is 5.75 Å². The third-order valence-electron chi connectivity index (χ3n) is 5.85. The van der Waals surface area contributed by atoms with Crippen molar-refractivity contribution in [2.24, 2.45) is 0 Å². The van der Waals surface area contributed by atoms with Gasteiger partial charge in [0.05, 0.1) is 5.69 Å². The number of ether oxygens (including phenoxy) is 1.